The molecule has 0 spiro atoms. The highest BCUT2D eigenvalue weighted by Crippen LogP contribution is 2.18. The average Bonchev–Trinajstić information content (AvgIpc) is 2.09. The van der Waals surface area contributed by atoms with E-state index in [4.69, 9.17) is 0 Å². The number of aliphatic hydroxyl groups is 1. The summed E-state index contributed by atoms with van der Waals surface area (Å²) in [7, 11) is 0. The largest absolute Gasteiger partial charge is 0.389 e. The molecule has 1 rings (SSSR count). The molecule has 1 unspecified atom stereocenters. The fourth-order valence-corrected chi connectivity index (χ4v) is 1.33. The smallest absolute Gasteiger partial charge is 0.129 e. The number of halogens is 2. The van der Waals surface area contributed by atoms with Gasteiger partial charge in [0.1, 0.15) is 17.9 Å². The molecule has 0 aliphatic heterocycles. The van der Waals surface area contributed by atoms with Crippen molar-refractivity contribution in [3.05, 3.63) is 35.4 Å². The molecule has 1 atom stereocenters. The van der Waals surface area contributed by atoms with Gasteiger partial charge in [-0.25, -0.2) is 8.78 Å². The van der Waals surface area contributed by atoms with Crippen LogP contribution in [0.1, 0.15) is 18.9 Å². The van der Waals surface area contributed by atoms with Gasteiger partial charge in [0.15, 0.2) is 0 Å². The highest BCUT2D eigenvalue weighted by atomic mass is 19.1. The second-order valence-corrected chi connectivity index (χ2v) is 3.78. The maximum atomic E-state index is 13.2. The normalized spacial score (nSPS) is 14.7. The van der Waals surface area contributed by atoms with Gasteiger partial charge < -0.3 is 9.90 Å². The summed E-state index contributed by atoms with van der Waals surface area (Å²) in [6.45, 7) is 1.43. The van der Waals surface area contributed by atoms with Crippen LogP contribution in [0.15, 0.2) is 18.2 Å². The highest BCUT2D eigenvalue weighted by Gasteiger charge is 2.22. The van der Waals surface area contributed by atoms with Crippen LogP contribution < -0.4 is 0 Å². The van der Waals surface area contributed by atoms with E-state index in [2.05, 4.69) is 0 Å². The SMILES string of the molecule is CC(O)(CC=O)Cc1ccc(F)cc1F. The Hall–Kier alpha value is -1.29. The summed E-state index contributed by atoms with van der Waals surface area (Å²) in [6.07, 6.45) is 0.475. The van der Waals surface area contributed by atoms with Gasteiger partial charge in [0.05, 0.1) is 5.60 Å². The van der Waals surface area contributed by atoms with E-state index in [1.165, 1.54) is 13.0 Å². The van der Waals surface area contributed by atoms with Crippen LogP contribution >= 0.6 is 0 Å². The van der Waals surface area contributed by atoms with E-state index >= 15 is 0 Å². The molecular weight excluding hydrogens is 202 g/mol. The maximum absolute atomic E-state index is 13.2. The van der Waals surface area contributed by atoms with E-state index < -0.39 is 17.2 Å². The molecule has 0 bridgehead atoms. The Balaban J connectivity index is 2.84. The standard InChI is InChI=1S/C11H12F2O2/c1-11(15,4-5-14)7-8-2-3-9(12)6-10(8)13/h2-3,5-6,15H,4,7H2,1H3. The van der Waals surface area contributed by atoms with E-state index in [0.717, 1.165) is 12.1 Å². The Morgan fingerprint density at radius 3 is 2.67 bits per heavy atom. The topological polar surface area (TPSA) is 37.3 Å². The molecule has 0 heterocycles. The Bertz CT molecular complexity index is 362. The van der Waals surface area contributed by atoms with Gasteiger partial charge in [0, 0.05) is 18.9 Å². The number of carbonyl (C=O) groups is 1. The Morgan fingerprint density at radius 1 is 1.47 bits per heavy atom. The molecule has 82 valence electrons. The van der Waals surface area contributed by atoms with Gasteiger partial charge in [-0.3, -0.25) is 0 Å². The van der Waals surface area contributed by atoms with E-state index in [9.17, 15) is 18.7 Å². The molecule has 0 aliphatic rings. The summed E-state index contributed by atoms with van der Waals surface area (Å²) >= 11 is 0. The number of hydrogen-bond donors (Lipinski definition) is 1. The van der Waals surface area contributed by atoms with Crippen molar-refractivity contribution in [3.8, 4) is 0 Å². The Kier molecular flexibility index (Phi) is 3.52. The lowest BCUT2D eigenvalue weighted by molar-refractivity contribution is -0.111. The van der Waals surface area contributed by atoms with Crippen LogP contribution in [-0.4, -0.2) is 17.0 Å². The van der Waals surface area contributed by atoms with Gasteiger partial charge >= 0.3 is 0 Å². The predicted molar refractivity (Wildman–Crippen MR) is 51.4 cm³/mol. The molecule has 1 aromatic rings. The van der Waals surface area contributed by atoms with Crippen LogP contribution in [0.25, 0.3) is 0 Å². The molecule has 0 saturated heterocycles. The zero-order valence-electron chi connectivity index (χ0n) is 8.34. The molecule has 0 aliphatic carbocycles. The molecule has 15 heavy (non-hydrogen) atoms. The van der Waals surface area contributed by atoms with Gasteiger partial charge in [-0.2, -0.15) is 0 Å². The van der Waals surface area contributed by atoms with Gasteiger partial charge in [-0.15, -0.1) is 0 Å². The average molecular weight is 214 g/mol. The molecule has 1 aromatic carbocycles. The molecule has 0 radical (unpaired) electrons. The van der Waals surface area contributed by atoms with E-state index in [-0.39, 0.29) is 18.4 Å². The third-order valence-corrected chi connectivity index (χ3v) is 2.11. The lowest BCUT2D eigenvalue weighted by Gasteiger charge is -2.20. The third kappa shape index (κ3) is 3.40. The molecule has 2 nitrogen and oxygen atoms in total. The van der Waals surface area contributed by atoms with Crippen LogP contribution in [0.2, 0.25) is 0 Å². The van der Waals surface area contributed by atoms with Crippen LogP contribution in [0, 0.1) is 11.6 Å². The molecule has 0 saturated carbocycles. The van der Waals surface area contributed by atoms with Crippen molar-refractivity contribution in [3.63, 3.8) is 0 Å². The highest BCUT2D eigenvalue weighted by molar-refractivity contribution is 5.51. The zero-order valence-corrected chi connectivity index (χ0v) is 8.34. The minimum absolute atomic E-state index is 0.0160. The van der Waals surface area contributed by atoms with Crippen molar-refractivity contribution in [1.29, 1.82) is 0 Å². The van der Waals surface area contributed by atoms with Crippen molar-refractivity contribution in [2.75, 3.05) is 0 Å². The zero-order chi connectivity index (χ0) is 11.5. The minimum atomic E-state index is -1.29. The molecule has 1 N–H and O–H groups in total. The predicted octanol–water partition coefficient (Wildman–Crippen LogP) is 1.85. The lowest BCUT2D eigenvalue weighted by atomic mass is 9.93. The van der Waals surface area contributed by atoms with Gasteiger partial charge in [-0.05, 0) is 18.6 Å². The summed E-state index contributed by atoms with van der Waals surface area (Å²) in [4.78, 5) is 10.2. The van der Waals surface area contributed by atoms with Crippen molar-refractivity contribution >= 4 is 6.29 Å². The van der Waals surface area contributed by atoms with Crippen molar-refractivity contribution in [2.45, 2.75) is 25.4 Å². The molecule has 0 aromatic heterocycles. The number of carbonyl (C=O) groups excluding carboxylic acids is 1. The third-order valence-electron chi connectivity index (χ3n) is 2.11. The Labute approximate surface area is 86.5 Å². The van der Waals surface area contributed by atoms with E-state index in [1.54, 1.807) is 0 Å². The maximum Gasteiger partial charge on any atom is 0.129 e. The number of benzene rings is 1. The van der Waals surface area contributed by atoms with Crippen LogP contribution in [0.3, 0.4) is 0 Å². The summed E-state index contributed by atoms with van der Waals surface area (Å²) in [6, 6.07) is 3.14. The van der Waals surface area contributed by atoms with Crippen molar-refractivity contribution in [1.82, 2.24) is 0 Å². The molecular formula is C11H12F2O2. The fourth-order valence-electron chi connectivity index (χ4n) is 1.33. The van der Waals surface area contributed by atoms with Crippen molar-refractivity contribution in [2.24, 2.45) is 0 Å². The van der Waals surface area contributed by atoms with Crippen LogP contribution in [0.4, 0.5) is 8.78 Å². The first-order valence-electron chi connectivity index (χ1n) is 4.54. The van der Waals surface area contributed by atoms with Gasteiger partial charge in [-0.1, -0.05) is 6.07 Å². The van der Waals surface area contributed by atoms with Crippen LogP contribution in [0.5, 0.6) is 0 Å². The summed E-state index contributed by atoms with van der Waals surface area (Å²) in [5.74, 6) is -1.37. The number of rotatable bonds is 4. The van der Waals surface area contributed by atoms with E-state index in [1.807, 2.05) is 0 Å². The number of hydrogen-bond acceptors (Lipinski definition) is 2. The summed E-state index contributed by atoms with van der Waals surface area (Å²) in [5, 5.41) is 9.67. The Morgan fingerprint density at radius 2 is 2.13 bits per heavy atom. The summed E-state index contributed by atoms with van der Waals surface area (Å²) < 4.78 is 25.8. The fraction of sp³-hybridized carbons (Fsp3) is 0.364. The monoisotopic (exact) mass is 214 g/mol. The molecule has 4 heteroatoms. The van der Waals surface area contributed by atoms with Gasteiger partial charge in [0.2, 0.25) is 0 Å². The first-order valence-corrected chi connectivity index (χ1v) is 4.54. The minimum Gasteiger partial charge on any atom is -0.389 e. The van der Waals surface area contributed by atoms with E-state index in [0.29, 0.717) is 6.29 Å². The first kappa shape index (κ1) is 11.8. The second-order valence-electron chi connectivity index (χ2n) is 3.78. The second kappa shape index (κ2) is 4.49. The quantitative estimate of drug-likeness (QED) is 0.776. The number of aldehydes is 1. The van der Waals surface area contributed by atoms with Crippen LogP contribution in [-0.2, 0) is 11.2 Å². The molecule has 0 amide bonds. The van der Waals surface area contributed by atoms with Gasteiger partial charge in [0.25, 0.3) is 0 Å². The first-order chi connectivity index (χ1) is 6.94. The van der Waals surface area contributed by atoms with Crippen molar-refractivity contribution < 1.29 is 18.7 Å². The lowest BCUT2D eigenvalue weighted by Crippen LogP contribution is -2.28. The molecule has 0 fully saturated rings. The summed E-state index contributed by atoms with van der Waals surface area (Å²) in [5.41, 5.74) is -1.09.